The fourth-order valence-electron chi connectivity index (χ4n) is 1.71. The van der Waals surface area contributed by atoms with Gasteiger partial charge in [-0.2, -0.15) is 0 Å². The van der Waals surface area contributed by atoms with Gasteiger partial charge in [-0.25, -0.2) is 0 Å². The third kappa shape index (κ3) is 1.64. The smallest absolute Gasteiger partial charge is 0.117 e. The van der Waals surface area contributed by atoms with Gasteiger partial charge in [-0.3, -0.25) is 0 Å². The summed E-state index contributed by atoms with van der Waals surface area (Å²) in [4.78, 5) is 0. The van der Waals surface area contributed by atoms with Crippen LogP contribution >= 0.6 is 11.6 Å². The van der Waals surface area contributed by atoms with E-state index in [-0.39, 0.29) is 5.75 Å². The zero-order valence-electron chi connectivity index (χ0n) is 7.20. The van der Waals surface area contributed by atoms with Gasteiger partial charge in [0.25, 0.3) is 0 Å². The van der Waals surface area contributed by atoms with Gasteiger partial charge in [0, 0.05) is 5.02 Å². The second-order valence-corrected chi connectivity index (χ2v) is 3.95. The summed E-state index contributed by atoms with van der Waals surface area (Å²) >= 11 is 5.99. The van der Waals surface area contributed by atoms with Crippen molar-refractivity contribution in [3.8, 4) is 5.75 Å². The summed E-state index contributed by atoms with van der Waals surface area (Å²) in [5.41, 5.74) is 6.67. The van der Waals surface area contributed by atoms with Crippen molar-refractivity contribution >= 4 is 11.6 Å². The molecule has 0 amide bonds. The lowest BCUT2D eigenvalue weighted by Gasteiger charge is -2.02. The number of phenolic OH excluding ortho intramolecular Hbond substituents is 1. The molecular formula is C10H12ClNO. The number of nitrogens with two attached hydrogens (primary N) is 1. The van der Waals surface area contributed by atoms with Gasteiger partial charge in [-0.15, -0.1) is 0 Å². The highest BCUT2D eigenvalue weighted by Gasteiger charge is 2.38. The number of hydrogen-bond donors (Lipinski definition) is 2. The fourth-order valence-corrected chi connectivity index (χ4v) is 2.02. The van der Waals surface area contributed by atoms with Crippen molar-refractivity contribution in [2.75, 3.05) is 6.54 Å². The van der Waals surface area contributed by atoms with E-state index in [1.807, 2.05) is 6.07 Å². The molecule has 70 valence electrons. The Morgan fingerprint density at radius 2 is 2.31 bits per heavy atom. The van der Waals surface area contributed by atoms with Crippen LogP contribution in [0.5, 0.6) is 5.75 Å². The normalized spacial score (nSPS) is 26.0. The number of hydrogen-bond acceptors (Lipinski definition) is 2. The molecule has 13 heavy (non-hydrogen) atoms. The number of benzene rings is 1. The van der Waals surface area contributed by atoms with E-state index in [1.54, 1.807) is 12.1 Å². The van der Waals surface area contributed by atoms with Gasteiger partial charge in [0.2, 0.25) is 0 Å². The molecule has 2 rings (SSSR count). The molecule has 0 saturated heterocycles. The molecule has 1 aliphatic rings. The zero-order valence-corrected chi connectivity index (χ0v) is 7.96. The monoisotopic (exact) mass is 197 g/mol. The quantitative estimate of drug-likeness (QED) is 0.763. The van der Waals surface area contributed by atoms with E-state index in [1.165, 1.54) is 0 Å². The van der Waals surface area contributed by atoms with Crippen molar-refractivity contribution in [2.45, 2.75) is 12.3 Å². The lowest BCUT2D eigenvalue weighted by atomic mass is 10.1. The van der Waals surface area contributed by atoms with Gasteiger partial charge < -0.3 is 10.8 Å². The molecule has 2 atom stereocenters. The maximum absolute atomic E-state index is 9.15. The van der Waals surface area contributed by atoms with Crippen molar-refractivity contribution in [3.05, 3.63) is 28.8 Å². The summed E-state index contributed by atoms with van der Waals surface area (Å²) < 4.78 is 0. The lowest BCUT2D eigenvalue weighted by molar-refractivity contribution is 0.475. The topological polar surface area (TPSA) is 46.2 Å². The van der Waals surface area contributed by atoms with Gasteiger partial charge >= 0.3 is 0 Å². The van der Waals surface area contributed by atoms with Crippen molar-refractivity contribution in [3.63, 3.8) is 0 Å². The van der Waals surface area contributed by atoms with E-state index < -0.39 is 0 Å². The van der Waals surface area contributed by atoms with Crippen LogP contribution in [-0.2, 0) is 0 Å². The number of halogens is 1. The Labute approximate surface area is 82.3 Å². The van der Waals surface area contributed by atoms with Crippen molar-refractivity contribution in [1.29, 1.82) is 0 Å². The van der Waals surface area contributed by atoms with Crippen LogP contribution in [0.25, 0.3) is 0 Å². The Bertz CT molecular complexity index is 327. The van der Waals surface area contributed by atoms with Crippen LogP contribution in [0.2, 0.25) is 5.02 Å². The highest BCUT2D eigenvalue weighted by atomic mass is 35.5. The number of aromatic hydroxyl groups is 1. The maximum Gasteiger partial charge on any atom is 0.117 e. The first-order chi connectivity index (χ1) is 6.22. The molecule has 0 spiro atoms. The van der Waals surface area contributed by atoms with Gasteiger partial charge in [0.05, 0.1) is 0 Å². The van der Waals surface area contributed by atoms with Crippen LogP contribution in [0.15, 0.2) is 18.2 Å². The summed E-state index contributed by atoms with van der Waals surface area (Å²) in [6.07, 6.45) is 1.13. The van der Waals surface area contributed by atoms with Gasteiger partial charge in [-0.1, -0.05) is 17.7 Å². The standard InChI is InChI=1S/C10H12ClNO/c11-10-4-7(13)1-2-8(10)9-3-6(9)5-12/h1-2,4,6,9,13H,3,5,12H2. The number of rotatable bonds is 2. The Kier molecular flexibility index (Phi) is 2.18. The first kappa shape index (κ1) is 8.85. The van der Waals surface area contributed by atoms with Gasteiger partial charge in [0.15, 0.2) is 0 Å². The molecule has 2 nitrogen and oxygen atoms in total. The molecule has 0 aromatic heterocycles. The predicted molar refractivity (Wildman–Crippen MR) is 53.0 cm³/mol. The Morgan fingerprint density at radius 3 is 2.85 bits per heavy atom. The minimum atomic E-state index is 0.221. The molecule has 1 aromatic rings. The molecule has 0 aliphatic heterocycles. The summed E-state index contributed by atoms with van der Waals surface area (Å²) in [7, 11) is 0. The molecule has 1 aromatic carbocycles. The van der Waals surface area contributed by atoms with Crippen LogP contribution in [0.4, 0.5) is 0 Å². The van der Waals surface area contributed by atoms with Crippen LogP contribution in [0.3, 0.4) is 0 Å². The fraction of sp³-hybridized carbons (Fsp3) is 0.400. The molecule has 0 bridgehead atoms. The Morgan fingerprint density at radius 1 is 1.54 bits per heavy atom. The third-order valence-corrected chi connectivity index (χ3v) is 2.94. The van der Waals surface area contributed by atoms with Crippen LogP contribution in [0, 0.1) is 5.92 Å². The molecule has 2 unspecified atom stereocenters. The Balaban J connectivity index is 2.22. The first-order valence-electron chi connectivity index (χ1n) is 4.41. The third-order valence-electron chi connectivity index (χ3n) is 2.61. The summed E-state index contributed by atoms with van der Waals surface area (Å²) in [5.74, 6) is 1.32. The second-order valence-electron chi connectivity index (χ2n) is 3.54. The van der Waals surface area contributed by atoms with Crippen molar-refractivity contribution < 1.29 is 5.11 Å². The van der Waals surface area contributed by atoms with E-state index in [2.05, 4.69) is 0 Å². The van der Waals surface area contributed by atoms with Crippen LogP contribution in [0.1, 0.15) is 17.9 Å². The second kappa shape index (κ2) is 3.20. The minimum Gasteiger partial charge on any atom is -0.508 e. The predicted octanol–water partition coefficient (Wildman–Crippen LogP) is 2.11. The Hall–Kier alpha value is -0.730. The van der Waals surface area contributed by atoms with Crippen LogP contribution < -0.4 is 5.73 Å². The molecule has 1 fully saturated rings. The molecule has 1 saturated carbocycles. The zero-order chi connectivity index (χ0) is 9.42. The van der Waals surface area contributed by atoms with E-state index in [0.717, 1.165) is 18.5 Å². The molecule has 3 N–H and O–H groups in total. The van der Waals surface area contributed by atoms with Crippen LogP contribution in [-0.4, -0.2) is 11.7 Å². The van der Waals surface area contributed by atoms with E-state index in [4.69, 9.17) is 22.4 Å². The summed E-state index contributed by atoms with van der Waals surface area (Å²) in [6.45, 7) is 0.724. The first-order valence-corrected chi connectivity index (χ1v) is 4.78. The molecular weight excluding hydrogens is 186 g/mol. The van der Waals surface area contributed by atoms with Gasteiger partial charge in [0.1, 0.15) is 5.75 Å². The van der Waals surface area contributed by atoms with E-state index in [9.17, 15) is 0 Å². The average molecular weight is 198 g/mol. The minimum absolute atomic E-state index is 0.221. The molecule has 1 aliphatic carbocycles. The SMILES string of the molecule is NCC1CC1c1ccc(O)cc1Cl. The summed E-state index contributed by atoms with van der Waals surface area (Å²) in [6, 6.07) is 5.15. The molecule has 0 radical (unpaired) electrons. The average Bonchev–Trinajstić information content (AvgIpc) is 2.83. The van der Waals surface area contributed by atoms with Crippen molar-refractivity contribution in [2.24, 2.45) is 11.7 Å². The van der Waals surface area contributed by atoms with E-state index >= 15 is 0 Å². The highest BCUT2D eigenvalue weighted by Crippen LogP contribution is 2.49. The number of phenols is 1. The van der Waals surface area contributed by atoms with Gasteiger partial charge in [-0.05, 0) is 42.5 Å². The van der Waals surface area contributed by atoms with Crippen molar-refractivity contribution in [1.82, 2.24) is 0 Å². The molecule has 3 heteroatoms. The maximum atomic E-state index is 9.15. The highest BCUT2D eigenvalue weighted by molar-refractivity contribution is 6.31. The summed E-state index contributed by atoms with van der Waals surface area (Å²) in [5, 5.41) is 9.81. The van der Waals surface area contributed by atoms with E-state index in [0.29, 0.717) is 16.9 Å². The lowest BCUT2D eigenvalue weighted by Crippen LogP contribution is -2.02. The molecule has 0 heterocycles. The largest absolute Gasteiger partial charge is 0.508 e.